The molecule has 0 bridgehead atoms. The second kappa shape index (κ2) is 11.0. The van der Waals surface area contributed by atoms with Crippen LogP contribution in [0.2, 0.25) is 0 Å². The quantitative estimate of drug-likeness (QED) is 0.175. The largest absolute Gasteiger partial charge is 0.756 e. The van der Waals surface area contributed by atoms with Crippen LogP contribution in [0.5, 0.6) is 0 Å². The lowest BCUT2D eigenvalue weighted by Crippen LogP contribution is -2.44. The first-order chi connectivity index (χ1) is 12.1. The average Bonchev–Trinajstić information content (AvgIpc) is 2.89. The Labute approximate surface area is 150 Å². The second-order valence-electron chi connectivity index (χ2n) is 5.74. The molecule has 8 unspecified atom stereocenters. The van der Waals surface area contributed by atoms with Crippen LogP contribution in [0.3, 0.4) is 0 Å². The molecule has 1 fully saturated rings. The molecule has 156 valence electrons. The normalized spacial score (nSPS) is 32.2. The van der Waals surface area contributed by atoms with Crippen molar-refractivity contribution in [1.82, 2.24) is 0 Å². The van der Waals surface area contributed by atoms with Crippen LogP contribution in [0.25, 0.3) is 0 Å². The molecular weight excluding hydrogens is 379 g/mol. The zero-order chi connectivity index (χ0) is 19.9. The third-order valence-corrected chi connectivity index (χ3v) is 4.54. The molecule has 1 heterocycles. The number of aliphatic hydroxyl groups is 6. The van der Waals surface area contributed by atoms with E-state index in [1.165, 1.54) is 0 Å². The predicted molar refractivity (Wildman–Crippen MR) is 81.5 cm³/mol. The van der Waals surface area contributed by atoms with Gasteiger partial charge in [0.05, 0.1) is 26.4 Å². The van der Waals surface area contributed by atoms with Gasteiger partial charge >= 0.3 is 0 Å². The molecule has 0 aromatic carbocycles. The van der Waals surface area contributed by atoms with Gasteiger partial charge in [0.1, 0.15) is 36.6 Å². The van der Waals surface area contributed by atoms with E-state index in [0.29, 0.717) is 6.42 Å². The van der Waals surface area contributed by atoms with Gasteiger partial charge < -0.3 is 54.1 Å². The third kappa shape index (κ3) is 7.08. The Morgan fingerprint density at radius 1 is 1.12 bits per heavy atom. The second-order valence-corrected chi connectivity index (χ2v) is 7.15. The van der Waals surface area contributed by atoms with Crippen LogP contribution in [0.15, 0.2) is 0 Å². The summed E-state index contributed by atoms with van der Waals surface area (Å²) in [5.41, 5.74) is 0. The number of phosphoric acid groups is 1. The number of phosphoric ester groups is 1. The zero-order valence-electron chi connectivity index (χ0n) is 14.2. The number of ether oxygens (including phenoxy) is 2. The summed E-state index contributed by atoms with van der Waals surface area (Å²) < 4.78 is 30.2. The predicted octanol–water partition coefficient (Wildman–Crippen LogP) is -3.56. The minimum atomic E-state index is -4.63. The summed E-state index contributed by atoms with van der Waals surface area (Å²) in [6.45, 7) is -0.445. The summed E-state index contributed by atoms with van der Waals surface area (Å²) in [7, 11) is -4.63. The van der Waals surface area contributed by atoms with E-state index < -0.39 is 70.6 Å². The van der Waals surface area contributed by atoms with Crippen molar-refractivity contribution in [3.8, 4) is 0 Å². The molecule has 26 heavy (non-hydrogen) atoms. The zero-order valence-corrected chi connectivity index (χ0v) is 15.1. The van der Waals surface area contributed by atoms with Crippen molar-refractivity contribution in [2.45, 2.75) is 56.3 Å². The summed E-state index contributed by atoms with van der Waals surface area (Å²) in [5, 5.41) is 57.4. The fraction of sp³-hybridized carbons (Fsp3) is 1.00. The molecule has 1 saturated heterocycles. The fourth-order valence-corrected chi connectivity index (χ4v) is 2.87. The molecule has 1 aliphatic heterocycles. The van der Waals surface area contributed by atoms with Crippen LogP contribution in [0.4, 0.5) is 0 Å². The van der Waals surface area contributed by atoms with E-state index in [2.05, 4.69) is 9.05 Å². The van der Waals surface area contributed by atoms with E-state index in [9.17, 15) is 35.0 Å². The van der Waals surface area contributed by atoms with Gasteiger partial charge in [0.25, 0.3) is 7.82 Å². The summed E-state index contributed by atoms with van der Waals surface area (Å²) in [6.07, 6.45) is -10.2. The highest BCUT2D eigenvalue weighted by atomic mass is 31.2. The SMILES string of the molecule is CCCOP(=O)([O-])OCC(O)C(O)C(O)COC1OC(CO)C(O)C1O. The lowest BCUT2D eigenvalue weighted by Gasteiger charge is -2.27. The number of aliphatic hydroxyl groups excluding tert-OH is 6. The Hall–Kier alpha value is -0.210. The Morgan fingerprint density at radius 3 is 2.27 bits per heavy atom. The maximum atomic E-state index is 11.3. The van der Waals surface area contributed by atoms with Crippen LogP contribution in [-0.2, 0) is 23.1 Å². The Kier molecular flexibility index (Phi) is 10.0. The highest BCUT2D eigenvalue weighted by Crippen LogP contribution is 2.38. The van der Waals surface area contributed by atoms with Gasteiger partial charge in [0.15, 0.2) is 6.29 Å². The van der Waals surface area contributed by atoms with E-state index >= 15 is 0 Å². The van der Waals surface area contributed by atoms with Crippen molar-refractivity contribution in [2.24, 2.45) is 0 Å². The Morgan fingerprint density at radius 2 is 1.73 bits per heavy atom. The lowest BCUT2D eigenvalue weighted by atomic mass is 10.1. The topological polar surface area (TPSA) is 198 Å². The first-order valence-corrected chi connectivity index (χ1v) is 9.47. The van der Waals surface area contributed by atoms with Crippen LogP contribution in [0.1, 0.15) is 13.3 Å². The van der Waals surface area contributed by atoms with Crippen molar-refractivity contribution in [2.75, 3.05) is 26.4 Å². The molecule has 0 aromatic heterocycles. The monoisotopic (exact) mass is 405 g/mol. The lowest BCUT2D eigenvalue weighted by molar-refractivity contribution is -0.229. The number of hydrogen-bond donors (Lipinski definition) is 6. The minimum absolute atomic E-state index is 0.0969. The number of rotatable bonds is 12. The summed E-state index contributed by atoms with van der Waals surface area (Å²) >= 11 is 0. The van der Waals surface area contributed by atoms with Crippen molar-refractivity contribution < 1.29 is 58.6 Å². The Bertz CT molecular complexity index is 451. The smallest absolute Gasteiger partial charge is 0.267 e. The van der Waals surface area contributed by atoms with Crippen molar-refractivity contribution in [3.63, 3.8) is 0 Å². The molecule has 0 radical (unpaired) electrons. The van der Waals surface area contributed by atoms with Gasteiger partial charge in [-0.2, -0.15) is 0 Å². The average molecular weight is 405 g/mol. The van der Waals surface area contributed by atoms with Crippen LogP contribution in [0, 0.1) is 0 Å². The maximum absolute atomic E-state index is 11.3. The van der Waals surface area contributed by atoms with Gasteiger partial charge in [0.2, 0.25) is 0 Å². The standard InChI is InChI=1S/C13H27O12P/c1-2-3-23-26(20,21)24-6-8(16)10(17)7(15)5-22-13-12(19)11(18)9(4-14)25-13/h7-19H,2-6H2,1H3,(H,20,21)/p-1. The van der Waals surface area contributed by atoms with Crippen molar-refractivity contribution >= 4 is 7.82 Å². The molecule has 1 rings (SSSR count). The maximum Gasteiger partial charge on any atom is 0.267 e. The minimum Gasteiger partial charge on any atom is -0.756 e. The molecule has 0 saturated carbocycles. The van der Waals surface area contributed by atoms with Crippen LogP contribution >= 0.6 is 7.82 Å². The first kappa shape index (κ1) is 23.8. The van der Waals surface area contributed by atoms with E-state index in [4.69, 9.17) is 14.6 Å². The highest BCUT2D eigenvalue weighted by Gasteiger charge is 2.43. The van der Waals surface area contributed by atoms with Crippen LogP contribution in [-0.4, -0.2) is 100.0 Å². The van der Waals surface area contributed by atoms with Crippen LogP contribution < -0.4 is 4.89 Å². The molecule has 6 N–H and O–H groups in total. The van der Waals surface area contributed by atoms with Gasteiger partial charge in [-0.1, -0.05) is 6.92 Å². The van der Waals surface area contributed by atoms with Gasteiger partial charge in [0, 0.05) is 0 Å². The van der Waals surface area contributed by atoms with Gasteiger partial charge in [-0.3, -0.25) is 4.57 Å². The third-order valence-electron chi connectivity index (χ3n) is 3.58. The van der Waals surface area contributed by atoms with Crippen molar-refractivity contribution in [1.29, 1.82) is 0 Å². The first-order valence-electron chi connectivity index (χ1n) is 8.01. The number of hydrogen-bond acceptors (Lipinski definition) is 12. The van der Waals surface area contributed by atoms with Gasteiger partial charge in [-0.05, 0) is 6.42 Å². The molecule has 0 aromatic rings. The molecule has 0 spiro atoms. The highest BCUT2D eigenvalue weighted by molar-refractivity contribution is 7.45. The van der Waals surface area contributed by atoms with E-state index in [1.807, 2.05) is 0 Å². The summed E-state index contributed by atoms with van der Waals surface area (Å²) in [5.74, 6) is 0. The van der Waals surface area contributed by atoms with E-state index in [1.54, 1.807) is 6.92 Å². The molecule has 13 heteroatoms. The van der Waals surface area contributed by atoms with E-state index in [0.717, 1.165) is 0 Å². The van der Waals surface area contributed by atoms with Crippen molar-refractivity contribution in [3.05, 3.63) is 0 Å². The van der Waals surface area contributed by atoms with Gasteiger partial charge in [-0.15, -0.1) is 0 Å². The fourth-order valence-electron chi connectivity index (χ4n) is 2.06. The molecular formula is C13H26O12P-. The summed E-state index contributed by atoms with van der Waals surface area (Å²) in [6, 6.07) is 0. The molecule has 12 nitrogen and oxygen atoms in total. The Balaban J connectivity index is 2.39. The molecule has 0 aliphatic carbocycles. The molecule has 0 amide bonds. The summed E-state index contributed by atoms with van der Waals surface area (Å²) in [4.78, 5) is 11.3. The molecule has 8 atom stereocenters. The van der Waals surface area contributed by atoms with E-state index in [-0.39, 0.29) is 6.61 Å². The van der Waals surface area contributed by atoms with Gasteiger partial charge in [-0.25, -0.2) is 0 Å². The molecule has 1 aliphatic rings.